The van der Waals surface area contributed by atoms with E-state index in [0.29, 0.717) is 11.3 Å². The fourth-order valence-electron chi connectivity index (χ4n) is 4.10. The fraction of sp³-hybridized carbons (Fsp3) is 0.125. The van der Waals surface area contributed by atoms with Crippen LogP contribution in [-0.2, 0) is 9.53 Å². The van der Waals surface area contributed by atoms with Crippen molar-refractivity contribution >= 4 is 27.5 Å². The first-order valence-electron chi connectivity index (χ1n) is 9.65. The third kappa shape index (κ3) is 3.23. The maximum atomic E-state index is 13.3. The van der Waals surface area contributed by atoms with Crippen molar-refractivity contribution in [3.05, 3.63) is 106 Å². The zero-order valence-corrected chi connectivity index (χ0v) is 17.5. The molecule has 5 rings (SSSR count). The molecule has 3 unspecified atom stereocenters. The highest BCUT2D eigenvalue weighted by Gasteiger charge is 2.49. The van der Waals surface area contributed by atoms with Gasteiger partial charge in [-0.25, -0.2) is 0 Å². The predicted octanol–water partition coefficient (Wildman–Crippen LogP) is 4.87. The molecule has 1 amide bonds. The van der Waals surface area contributed by atoms with Gasteiger partial charge in [0.15, 0.2) is 18.1 Å². The van der Waals surface area contributed by atoms with Crippen molar-refractivity contribution in [1.29, 1.82) is 0 Å². The van der Waals surface area contributed by atoms with E-state index in [9.17, 15) is 4.79 Å². The van der Waals surface area contributed by atoms with Crippen LogP contribution in [0.4, 0.5) is 5.69 Å². The van der Waals surface area contributed by atoms with Crippen molar-refractivity contribution in [2.45, 2.75) is 18.1 Å². The van der Waals surface area contributed by atoms with Crippen LogP contribution in [0.1, 0.15) is 23.1 Å². The lowest BCUT2D eigenvalue weighted by molar-refractivity contribution is -0.114. The first-order chi connectivity index (χ1) is 14.6. The third-order valence-electron chi connectivity index (χ3n) is 5.45. The van der Waals surface area contributed by atoms with Crippen LogP contribution < -0.4 is 15.8 Å². The van der Waals surface area contributed by atoms with Gasteiger partial charge in [0.2, 0.25) is 0 Å². The summed E-state index contributed by atoms with van der Waals surface area (Å²) in [6.45, 7) is 0. The zero-order valence-electron chi connectivity index (χ0n) is 15.9. The summed E-state index contributed by atoms with van der Waals surface area (Å²) < 4.78 is 13.3. The van der Waals surface area contributed by atoms with Crippen LogP contribution in [-0.4, -0.2) is 12.0 Å². The molecule has 3 atom stereocenters. The maximum absolute atomic E-state index is 13.3. The number of hydrogen-bond donors (Lipinski definition) is 2. The van der Waals surface area contributed by atoms with Crippen LogP contribution >= 0.6 is 15.9 Å². The number of fused-ring (bicyclic) bond motifs is 3. The van der Waals surface area contributed by atoms with E-state index in [4.69, 9.17) is 15.2 Å². The van der Waals surface area contributed by atoms with Crippen molar-refractivity contribution in [2.75, 3.05) is 5.32 Å². The lowest BCUT2D eigenvalue weighted by Gasteiger charge is -2.35. The second kappa shape index (κ2) is 7.54. The number of carbonyl (C=O) groups is 1. The van der Waals surface area contributed by atoms with E-state index in [1.54, 1.807) is 0 Å². The second-order valence-electron chi connectivity index (χ2n) is 7.29. The number of amides is 1. The molecule has 5 nitrogen and oxygen atoms in total. The van der Waals surface area contributed by atoms with Crippen LogP contribution in [0, 0.1) is 0 Å². The van der Waals surface area contributed by atoms with E-state index >= 15 is 0 Å². The van der Waals surface area contributed by atoms with E-state index in [1.807, 2.05) is 78.9 Å². The molecule has 0 aliphatic carbocycles. The van der Waals surface area contributed by atoms with Crippen molar-refractivity contribution in [2.24, 2.45) is 5.73 Å². The fourth-order valence-corrected chi connectivity index (χ4v) is 4.36. The highest BCUT2D eigenvalue weighted by molar-refractivity contribution is 9.10. The number of halogens is 1. The second-order valence-corrected chi connectivity index (χ2v) is 8.20. The maximum Gasteiger partial charge on any atom is 0.257 e. The highest BCUT2D eigenvalue weighted by atomic mass is 79.9. The Balaban J connectivity index is 1.58. The van der Waals surface area contributed by atoms with Crippen LogP contribution in [0.3, 0.4) is 0 Å². The number of nitrogens with one attached hydrogen (secondary N) is 1. The molecule has 0 spiro atoms. The molecule has 150 valence electrons. The summed E-state index contributed by atoms with van der Waals surface area (Å²) in [7, 11) is 0. The first-order valence-corrected chi connectivity index (χ1v) is 10.4. The van der Waals surface area contributed by atoms with Gasteiger partial charge in [0.05, 0.1) is 11.5 Å². The van der Waals surface area contributed by atoms with Gasteiger partial charge in [-0.3, -0.25) is 4.79 Å². The standard InChI is InChI=1S/C24H19BrN2O3/c25-15-12-10-14(11-13-15)19-20(24(28)27-16-6-2-1-3-7-16)23(26)30-21-17-8-4-5-9-18(17)29-22(19)21/h1-13,19,21-22H,26H2,(H,27,28). The molecule has 6 heteroatoms. The number of rotatable bonds is 3. The number of carbonyl (C=O) groups excluding carboxylic acids is 1. The van der Waals surface area contributed by atoms with Crippen LogP contribution in [0.25, 0.3) is 0 Å². The SMILES string of the molecule is NC1=C(C(=O)Nc2ccccc2)C(c2ccc(Br)cc2)C2Oc3ccccc3C2O1. The lowest BCUT2D eigenvalue weighted by atomic mass is 9.81. The molecule has 0 fully saturated rings. The quantitative estimate of drug-likeness (QED) is 0.581. The Kier molecular flexibility index (Phi) is 4.71. The Labute approximate surface area is 182 Å². The molecule has 2 aliphatic rings. The number of para-hydroxylation sites is 2. The van der Waals surface area contributed by atoms with Gasteiger partial charge in [0.1, 0.15) is 5.75 Å². The summed E-state index contributed by atoms with van der Waals surface area (Å²) in [6.07, 6.45) is -0.768. The van der Waals surface area contributed by atoms with Gasteiger partial charge in [-0.2, -0.15) is 0 Å². The van der Waals surface area contributed by atoms with Gasteiger partial charge >= 0.3 is 0 Å². The molecule has 30 heavy (non-hydrogen) atoms. The van der Waals surface area contributed by atoms with E-state index in [2.05, 4.69) is 21.2 Å². The van der Waals surface area contributed by atoms with Crippen molar-refractivity contribution in [1.82, 2.24) is 0 Å². The average molecular weight is 463 g/mol. The number of hydrogen-bond acceptors (Lipinski definition) is 4. The minimum absolute atomic E-state index is 0.123. The van der Waals surface area contributed by atoms with Crippen LogP contribution in [0.15, 0.2) is 94.8 Å². The monoisotopic (exact) mass is 462 g/mol. The smallest absolute Gasteiger partial charge is 0.257 e. The molecule has 3 aromatic rings. The molecule has 2 aliphatic heterocycles. The highest BCUT2D eigenvalue weighted by Crippen LogP contribution is 2.50. The summed E-state index contributed by atoms with van der Waals surface area (Å²) in [5.41, 5.74) is 9.27. The minimum Gasteiger partial charge on any atom is -0.485 e. The summed E-state index contributed by atoms with van der Waals surface area (Å²) >= 11 is 3.48. The molecule has 0 saturated heterocycles. The Morgan fingerprint density at radius 3 is 2.37 bits per heavy atom. The van der Waals surface area contributed by atoms with Crippen molar-refractivity contribution in [3.8, 4) is 5.75 Å². The molecule has 0 bridgehead atoms. The molecule has 3 N–H and O–H groups in total. The largest absolute Gasteiger partial charge is 0.485 e. The van der Waals surface area contributed by atoms with Gasteiger partial charge in [0.25, 0.3) is 5.91 Å². The van der Waals surface area contributed by atoms with E-state index in [-0.39, 0.29) is 23.8 Å². The van der Waals surface area contributed by atoms with E-state index < -0.39 is 6.10 Å². The molecule has 0 radical (unpaired) electrons. The number of nitrogens with two attached hydrogens (primary N) is 1. The summed E-state index contributed by atoms with van der Waals surface area (Å²) in [5.74, 6) is 0.197. The molecule has 0 saturated carbocycles. The van der Waals surface area contributed by atoms with E-state index in [1.165, 1.54) is 0 Å². The van der Waals surface area contributed by atoms with Crippen molar-refractivity contribution < 1.29 is 14.3 Å². The summed E-state index contributed by atoms with van der Waals surface area (Å²) in [5, 5.41) is 2.93. The Morgan fingerprint density at radius 2 is 1.60 bits per heavy atom. The van der Waals surface area contributed by atoms with Crippen LogP contribution in [0.5, 0.6) is 5.75 Å². The number of benzene rings is 3. The van der Waals surface area contributed by atoms with Gasteiger partial charge in [-0.15, -0.1) is 0 Å². The zero-order chi connectivity index (χ0) is 20.7. The number of ether oxygens (including phenoxy) is 2. The Morgan fingerprint density at radius 1 is 0.900 bits per heavy atom. The molecular formula is C24H19BrN2O3. The summed E-state index contributed by atoms with van der Waals surface area (Å²) in [6, 6.07) is 24.9. The summed E-state index contributed by atoms with van der Waals surface area (Å²) in [4.78, 5) is 13.3. The third-order valence-corrected chi connectivity index (χ3v) is 5.98. The van der Waals surface area contributed by atoms with Crippen molar-refractivity contribution in [3.63, 3.8) is 0 Å². The van der Waals surface area contributed by atoms with Gasteiger partial charge in [-0.05, 0) is 35.9 Å². The van der Waals surface area contributed by atoms with Gasteiger partial charge < -0.3 is 20.5 Å². The number of anilines is 1. The average Bonchev–Trinajstić information content (AvgIpc) is 3.12. The normalized spacial score (nSPS) is 21.8. The Bertz CT molecular complexity index is 1130. The molecule has 0 aromatic heterocycles. The van der Waals surface area contributed by atoms with Crippen LogP contribution in [0.2, 0.25) is 0 Å². The molecular weight excluding hydrogens is 444 g/mol. The lowest BCUT2D eigenvalue weighted by Crippen LogP contribution is -2.40. The topological polar surface area (TPSA) is 73.6 Å². The molecule has 3 aromatic carbocycles. The van der Waals surface area contributed by atoms with Gasteiger partial charge in [0, 0.05) is 15.7 Å². The molecule has 2 heterocycles. The predicted molar refractivity (Wildman–Crippen MR) is 118 cm³/mol. The van der Waals surface area contributed by atoms with E-state index in [0.717, 1.165) is 21.3 Å². The Hall–Kier alpha value is -3.25. The minimum atomic E-state index is -0.396. The first kappa shape index (κ1) is 18.8. The van der Waals surface area contributed by atoms with Gasteiger partial charge in [-0.1, -0.05) is 64.5 Å².